The topological polar surface area (TPSA) is 36.1 Å². The predicted molar refractivity (Wildman–Crippen MR) is 111 cm³/mol. The van der Waals surface area contributed by atoms with E-state index >= 15 is 0 Å². The van der Waals surface area contributed by atoms with E-state index in [1.165, 1.54) is 6.42 Å². The number of Topliss-reactive ketones (excluding diaryl/α,β-unsaturated/α-hetero) is 1. The fraction of sp³-hybridized carbons (Fsp3) is 0.375. The molecule has 1 fully saturated rings. The van der Waals surface area contributed by atoms with Gasteiger partial charge in [0.25, 0.3) is 0 Å². The molecule has 0 saturated carbocycles. The molecular weight excluding hydrogens is 332 g/mol. The fourth-order valence-corrected chi connectivity index (χ4v) is 4.82. The number of nitrogens with one attached hydrogen (secondary N) is 1. The van der Waals surface area contributed by atoms with Gasteiger partial charge in [0.1, 0.15) is 0 Å². The SMILES string of the molecule is Cc1[nH]c2ccccc2c1C(=O)[C@H](c1ccccc1)N1C[C@@H](C)C[C@H](C)C1. The Kier molecular flexibility index (Phi) is 4.88. The maximum absolute atomic E-state index is 13.9. The smallest absolute Gasteiger partial charge is 0.186 e. The molecule has 3 nitrogen and oxygen atoms in total. The molecule has 0 unspecified atom stereocenters. The van der Waals surface area contributed by atoms with Gasteiger partial charge in [-0.3, -0.25) is 9.69 Å². The summed E-state index contributed by atoms with van der Waals surface area (Å²) in [5, 5.41) is 1.03. The molecular formula is C24H28N2O. The van der Waals surface area contributed by atoms with Gasteiger partial charge in [0.05, 0.1) is 6.04 Å². The van der Waals surface area contributed by atoms with Crippen molar-refractivity contribution < 1.29 is 4.79 Å². The molecule has 1 aliphatic rings. The Morgan fingerprint density at radius 2 is 1.63 bits per heavy atom. The number of piperidine rings is 1. The largest absolute Gasteiger partial charge is 0.358 e. The summed E-state index contributed by atoms with van der Waals surface area (Å²) in [4.78, 5) is 19.7. The number of aromatic nitrogens is 1. The Morgan fingerprint density at radius 1 is 1.00 bits per heavy atom. The van der Waals surface area contributed by atoms with E-state index in [-0.39, 0.29) is 11.8 Å². The molecule has 0 radical (unpaired) electrons. The van der Waals surface area contributed by atoms with Crippen molar-refractivity contribution in [2.24, 2.45) is 11.8 Å². The second-order valence-corrected chi connectivity index (χ2v) is 8.25. The molecule has 1 aromatic heterocycles. The summed E-state index contributed by atoms with van der Waals surface area (Å²) in [6, 6.07) is 18.2. The third-order valence-corrected chi connectivity index (χ3v) is 5.77. The quantitative estimate of drug-likeness (QED) is 0.634. The number of hydrogen-bond donors (Lipinski definition) is 1. The van der Waals surface area contributed by atoms with E-state index in [2.05, 4.69) is 41.9 Å². The van der Waals surface area contributed by atoms with Crippen molar-refractivity contribution >= 4 is 16.7 Å². The molecule has 3 heteroatoms. The molecule has 0 aliphatic carbocycles. The zero-order chi connectivity index (χ0) is 19.0. The van der Waals surface area contributed by atoms with Crippen LogP contribution >= 0.6 is 0 Å². The Morgan fingerprint density at radius 3 is 2.33 bits per heavy atom. The number of rotatable bonds is 4. The van der Waals surface area contributed by atoms with Gasteiger partial charge in [-0.1, -0.05) is 62.4 Å². The lowest BCUT2D eigenvalue weighted by atomic mass is 9.87. The van der Waals surface area contributed by atoms with Crippen molar-refractivity contribution in [1.82, 2.24) is 9.88 Å². The molecule has 1 aliphatic heterocycles. The van der Waals surface area contributed by atoms with E-state index in [4.69, 9.17) is 0 Å². The molecule has 2 heterocycles. The van der Waals surface area contributed by atoms with Crippen molar-refractivity contribution in [2.75, 3.05) is 13.1 Å². The average Bonchev–Trinajstić information content (AvgIpc) is 2.97. The van der Waals surface area contributed by atoms with Crippen LogP contribution in [0.2, 0.25) is 0 Å². The number of H-pyrrole nitrogens is 1. The monoisotopic (exact) mass is 360 g/mol. The number of ketones is 1. The summed E-state index contributed by atoms with van der Waals surface area (Å²) < 4.78 is 0. The van der Waals surface area contributed by atoms with Crippen LogP contribution in [-0.4, -0.2) is 28.8 Å². The van der Waals surface area contributed by atoms with Crippen LogP contribution in [0.3, 0.4) is 0 Å². The summed E-state index contributed by atoms with van der Waals surface area (Å²) in [5.41, 5.74) is 3.92. The zero-order valence-electron chi connectivity index (χ0n) is 16.4. The number of likely N-dealkylation sites (tertiary alicyclic amines) is 1. The molecule has 4 rings (SSSR count). The van der Waals surface area contributed by atoms with Gasteiger partial charge >= 0.3 is 0 Å². The Labute approximate surface area is 161 Å². The summed E-state index contributed by atoms with van der Waals surface area (Å²) in [7, 11) is 0. The molecule has 0 bridgehead atoms. The van der Waals surface area contributed by atoms with Crippen LogP contribution in [0.15, 0.2) is 54.6 Å². The maximum Gasteiger partial charge on any atom is 0.186 e. The van der Waals surface area contributed by atoms with E-state index < -0.39 is 0 Å². The number of hydrogen-bond acceptors (Lipinski definition) is 2. The van der Waals surface area contributed by atoms with Crippen molar-refractivity contribution in [3.63, 3.8) is 0 Å². The lowest BCUT2D eigenvalue weighted by Crippen LogP contribution is -2.43. The summed E-state index contributed by atoms with van der Waals surface area (Å²) in [5.74, 6) is 1.42. The van der Waals surface area contributed by atoms with Crippen molar-refractivity contribution in [3.8, 4) is 0 Å². The van der Waals surface area contributed by atoms with Crippen LogP contribution in [0.1, 0.15) is 47.9 Å². The molecule has 0 amide bonds. The second kappa shape index (κ2) is 7.32. The standard InChI is InChI=1S/C24H28N2O/c1-16-13-17(2)15-26(14-16)23(19-9-5-4-6-10-19)24(27)22-18(3)25-21-12-8-7-11-20(21)22/h4-12,16-17,23,25H,13-15H2,1-3H3/t16-,17-,23-/m0/s1. The highest BCUT2D eigenvalue weighted by molar-refractivity contribution is 6.11. The van der Waals surface area contributed by atoms with Gasteiger partial charge in [0, 0.05) is 35.2 Å². The maximum atomic E-state index is 13.9. The average molecular weight is 361 g/mol. The lowest BCUT2D eigenvalue weighted by Gasteiger charge is -2.39. The molecule has 3 atom stereocenters. The number of aryl methyl sites for hydroxylation is 1. The van der Waals surface area contributed by atoms with Gasteiger partial charge in [-0.15, -0.1) is 0 Å². The molecule has 2 aromatic carbocycles. The van der Waals surface area contributed by atoms with Gasteiger partial charge < -0.3 is 4.98 Å². The zero-order valence-corrected chi connectivity index (χ0v) is 16.4. The fourth-order valence-electron chi connectivity index (χ4n) is 4.82. The normalized spacial score (nSPS) is 22.0. The molecule has 1 saturated heterocycles. The summed E-state index contributed by atoms with van der Waals surface area (Å²) in [6.07, 6.45) is 1.23. The van der Waals surface area contributed by atoms with Gasteiger partial charge in [-0.25, -0.2) is 0 Å². The van der Waals surface area contributed by atoms with Crippen molar-refractivity contribution in [3.05, 3.63) is 71.4 Å². The van der Waals surface area contributed by atoms with Gasteiger partial charge in [0.15, 0.2) is 5.78 Å². The third-order valence-electron chi connectivity index (χ3n) is 5.77. The van der Waals surface area contributed by atoms with E-state index in [1.54, 1.807) is 0 Å². The van der Waals surface area contributed by atoms with E-state index in [9.17, 15) is 4.79 Å². The van der Waals surface area contributed by atoms with Crippen molar-refractivity contribution in [2.45, 2.75) is 33.2 Å². The predicted octanol–water partition coefficient (Wildman–Crippen LogP) is 5.38. The summed E-state index contributed by atoms with van der Waals surface area (Å²) >= 11 is 0. The minimum Gasteiger partial charge on any atom is -0.358 e. The molecule has 140 valence electrons. The number of fused-ring (bicyclic) bond motifs is 1. The number of nitrogens with zero attached hydrogens (tertiary/aromatic N) is 1. The lowest BCUT2D eigenvalue weighted by molar-refractivity contribution is 0.0648. The molecule has 0 spiro atoms. The molecule has 3 aromatic rings. The minimum atomic E-state index is -0.227. The van der Waals surface area contributed by atoms with Gasteiger partial charge in [-0.05, 0) is 36.8 Å². The first-order valence-corrected chi connectivity index (χ1v) is 9.95. The number of carbonyl (C=O) groups is 1. The third kappa shape index (κ3) is 3.44. The van der Waals surface area contributed by atoms with Crippen LogP contribution in [-0.2, 0) is 0 Å². The van der Waals surface area contributed by atoms with E-state index in [1.807, 2.05) is 43.3 Å². The molecule has 1 N–H and O–H groups in total. The Hall–Kier alpha value is -2.39. The highest BCUT2D eigenvalue weighted by Crippen LogP contribution is 2.34. The molecule has 27 heavy (non-hydrogen) atoms. The van der Waals surface area contributed by atoms with Crippen LogP contribution in [0, 0.1) is 18.8 Å². The van der Waals surface area contributed by atoms with Crippen LogP contribution < -0.4 is 0 Å². The number of carbonyl (C=O) groups excluding carboxylic acids is 1. The Bertz CT molecular complexity index is 933. The summed E-state index contributed by atoms with van der Waals surface area (Å²) in [6.45, 7) is 8.54. The first-order chi connectivity index (χ1) is 13.0. The highest BCUT2D eigenvalue weighted by Gasteiger charge is 2.34. The van der Waals surface area contributed by atoms with Crippen LogP contribution in [0.4, 0.5) is 0 Å². The van der Waals surface area contributed by atoms with Gasteiger partial charge in [0.2, 0.25) is 0 Å². The number of para-hydroxylation sites is 1. The first-order valence-electron chi connectivity index (χ1n) is 9.95. The minimum absolute atomic E-state index is 0.206. The Balaban J connectivity index is 1.80. The first kappa shape index (κ1) is 18.0. The van der Waals surface area contributed by atoms with Crippen LogP contribution in [0.25, 0.3) is 10.9 Å². The van der Waals surface area contributed by atoms with E-state index in [0.29, 0.717) is 11.8 Å². The van der Waals surface area contributed by atoms with Crippen LogP contribution in [0.5, 0.6) is 0 Å². The van der Waals surface area contributed by atoms with Crippen molar-refractivity contribution in [1.29, 1.82) is 0 Å². The highest BCUT2D eigenvalue weighted by atomic mass is 16.1. The van der Waals surface area contributed by atoms with Gasteiger partial charge in [-0.2, -0.15) is 0 Å². The second-order valence-electron chi connectivity index (χ2n) is 8.25. The number of benzene rings is 2. The number of aromatic amines is 1. The van der Waals surface area contributed by atoms with E-state index in [0.717, 1.165) is 40.8 Å².